The Morgan fingerprint density at radius 3 is 2.81 bits per heavy atom. The maximum Gasteiger partial charge on any atom is 0.275 e. The molecule has 0 bridgehead atoms. The smallest absolute Gasteiger partial charge is 0.275 e. The van der Waals surface area contributed by atoms with Crippen molar-refractivity contribution < 1.29 is 4.79 Å². The van der Waals surface area contributed by atoms with Gasteiger partial charge in [0.15, 0.2) is 0 Å². The third-order valence-corrected chi connectivity index (χ3v) is 3.29. The third-order valence-electron chi connectivity index (χ3n) is 2.14. The van der Waals surface area contributed by atoms with Crippen molar-refractivity contribution in [3.63, 3.8) is 0 Å². The largest absolute Gasteiger partial charge is 0.611 e. The van der Waals surface area contributed by atoms with Gasteiger partial charge in [0.2, 0.25) is 12.1 Å². The van der Waals surface area contributed by atoms with E-state index in [4.69, 9.17) is 0 Å². The number of rotatable bonds is 1. The van der Waals surface area contributed by atoms with Crippen molar-refractivity contribution in [1.82, 2.24) is 13.5 Å². The molecule has 0 saturated carbocycles. The second-order valence-corrected chi connectivity index (χ2v) is 4.72. The molecule has 1 amide bonds. The molecule has 16 heavy (non-hydrogen) atoms. The molecule has 0 aromatic carbocycles. The highest BCUT2D eigenvalue weighted by Crippen LogP contribution is 2.40. The van der Waals surface area contributed by atoms with E-state index >= 15 is 0 Å². The summed E-state index contributed by atoms with van der Waals surface area (Å²) in [6.45, 7) is 3.48. The van der Waals surface area contributed by atoms with Gasteiger partial charge in [-0.25, -0.2) is 9.29 Å². The van der Waals surface area contributed by atoms with Crippen molar-refractivity contribution in [3.8, 4) is 0 Å². The average molecular weight is 240 g/mol. The molecule has 0 radical (unpaired) electrons. The Hall–Kier alpha value is -1.15. The van der Waals surface area contributed by atoms with E-state index in [0.717, 1.165) is 0 Å². The molecule has 2 rings (SSSR count). The number of quaternary nitrogens is 1. The molecule has 0 atom stereocenters. The van der Waals surface area contributed by atoms with Crippen LogP contribution in [0.4, 0.5) is 5.82 Å². The number of carbonyl (C=O) groups excluding carboxylic acids is 1. The molecule has 1 aromatic heterocycles. The lowest BCUT2D eigenvalue weighted by molar-refractivity contribution is 0.0838. The summed E-state index contributed by atoms with van der Waals surface area (Å²) in [7, 11) is 0. The van der Waals surface area contributed by atoms with Crippen molar-refractivity contribution in [2.24, 2.45) is 0 Å². The molecule has 0 fully saturated rings. The molecule has 0 unspecified atom stereocenters. The van der Waals surface area contributed by atoms with Crippen molar-refractivity contribution in [2.45, 2.75) is 19.9 Å². The van der Waals surface area contributed by atoms with E-state index in [1.54, 1.807) is 13.8 Å². The van der Waals surface area contributed by atoms with Crippen LogP contribution < -0.4 is 4.21 Å². The van der Waals surface area contributed by atoms with Crippen molar-refractivity contribution in [3.05, 3.63) is 34.3 Å². The number of carbonyl (C=O) groups is 1. The van der Waals surface area contributed by atoms with Crippen LogP contribution in [0.1, 0.15) is 24.2 Å². The third kappa shape index (κ3) is 1.67. The van der Waals surface area contributed by atoms with E-state index in [1.165, 1.54) is 22.6 Å². The summed E-state index contributed by atoms with van der Waals surface area (Å²) in [5.41, 5.74) is 0.0833. The summed E-state index contributed by atoms with van der Waals surface area (Å²) in [4.78, 5) is 15.6. The van der Waals surface area contributed by atoms with Crippen LogP contribution in [-0.4, -0.2) is 21.2 Å². The quantitative estimate of drug-likeness (QED) is 0.425. The Balaban J connectivity index is 2.54. The summed E-state index contributed by atoms with van der Waals surface area (Å²) >= 11 is 0.395. The van der Waals surface area contributed by atoms with Gasteiger partial charge in [-0.3, -0.25) is 9.01 Å². The van der Waals surface area contributed by atoms with Gasteiger partial charge < -0.3 is 10.4 Å². The highest BCUT2D eigenvalue weighted by atomic mass is 32.2. The van der Waals surface area contributed by atoms with Gasteiger partial charge in [-0.15, -0.1) is 0 Å². The van der Waals surface area contributed by atoms with E-state index < -0.39 is 4.21 Å². The molecule has 1 aliphatic heterocycles. The highest BCUT2D eigenvalue weighted by Gasteiger charge is 2.38. The van der Waals surface area contributed by atoms with Crippen molar-refractivity contribution in [2.75, 3.05) is 0 Å². The number of pyridine rings is 1. The molecule has 1 aromatic rings. The molecule has 2 heterocycles. The van der Waals surface area contributed by atoms with E-state index in [0.29, 0.717) is 12.1 Å². The maximum absolute atomic E-state index is 11.9. The van der Waals surface area contributed by atoms with Crippen LogP contribution in [0.3, 0.4) is 0 Å². The fraction of sp³-hybridized carbons (Fsp3) is 0.333. The van der Waals surface area contributed by atoms with E-state index in [9.17, 15) is 15.2 Å². The molecule has 7 heteroatoms. The average Bonchev–Trinajstić information content (AvgIpc) is 2.23. The topological polar surface area (TPSA) is 79.3 Å². The minimum absolute atomic E-state index is 0.0833. The first-order valence-electron chi connectivity index (χ1n) is 4.73. The fourth-order valence-electron chi connectivity index (χ4n) is 1.42. The zero-order valence-corrected chi connectivity index (χ0v) is 9.60. The van der Waals surface area contributed by atoms with Gasteiger partial charge in [0.05, 0.1) is 0 Å². The Labute approximate surface area is 96.9 Å². The lowest BCUT2D eigenvalue weighted by Gasteiger charge is -2.47. The minimum atomic E-state index is -1.96. The number of fused-ring (bicyclic) bond motifs is 1. The van der Waals surface area contributed by atoms with E-state index in [1.807, 2.05) is 0 Å². The predicted octanol–water partition coefficient (Wildman–Crippen LogP) is 1.81. The van der Waals surface area contributed by atoms with Crippen LogP contribution in [0.2, 0.25) is 0 Å². The standard InChI is InChI=1S/C9H10N3O3S/c1-6(2)11-9(13)7-4-3-5-10-8(7)12(14,15)16-11/h3-6H,1-2H3/q-1. The Kier molecular flexibility index (Phi) is 2.62. The molecular weight excluding hydrogens is 230 g/mol. The molecule has 0 N–H and O–H groups in total. The van der Waals surface area contributed by atoms with E-state index in [2.05, 4.69) is 4.98 Å². The van der Waals surface area contributed by atoms with Gasteiger partial charge in [-0.2, -0.15) is 0 Å². The summed E-state index contributed by atoms with van der Waals surface area (Å²) in [6, 6.07) is 2.76. The first kappa shape index (κ1) is 11.3. The van der Waals surface area contributed by atoms with Crippen LogP contribution in [0.25, 0.3) is 0 Å². The Bertz CT molecular complexity index is 436. The molecule has 6 nitrogen and oxygen atoms in total. The summed E-state index contributed by atoms with van der Waals surface area (Å²) in [5, 5.41) is 23.4. The molecule has 0 spiro atoms. The predicted molar refractivity (Wildman–Crippen MR) is 61.7 cm³/mol. The van der Waals surface area contributed by atoms with Crippen molar-refractivity contribution >= 4 is 23.9 Å². The molecule has 86 valence electrons. The second kappa shape index (κ2) is 3.70. The summed E-state index contributed by atoms with van der Waals surface area (Å²) < 4.78 is -0.774. The Morgan fingerprint density at radius 2 is 2.19 bits per heavy atom. The van der Waals surface area contributed by atoms with Gasteiger partial charge in [0.1, 0.15) is 5.56 Å². The van der Waals surface area contributed by atoms with Crippen LogP contribution in [-0.2, 0) is 0 Å². The Morgan fingerprint density at radius 1 is 1.50 bits per heavy atom. The van der Waals surface area contributed by atoms with Gasteiger partial charge in [-0.1, -0.05) is 0 Å². The number of aromatic nitrogens is 1. The number of amides is 1. The second-order valence-electron chi connectivity index (χ2n) is 3.68. The molecule has 0 saturated heterocycles. The number of nitrogens with zero attached hydrogens (tertiary/aromatic N) is 3. The first-order chi connectivity index (χ1) is 7.43. The number of hydrogen-bond donors (Lipinski definition) is 0. The zero-order chi connectivity index (χ0) is 11.9. The van der Waals surface area contributed by atoms with Gasteiger partial charge in [-0.05, 0) is 26.0 Å². The molecular formula is C9H10N3O3S-. The lowest BCUT2D eigenvalue weighted by Crippen LogP contribution is -2.45. The van der Waals surface area contributed by atoms with Crippen LogP contribution in [0.5, 0.6) is 0 Å². The van der Waals surface area contributed by atoms with Gasteiger partial charge in [0, 0.05) is 12.2 Å². The zero-order valence-electron chi connectivity index (χ0n) is 8.78. The maximum atomic E-state index is 11.9. The first-order valence-corrected chi connectivity index (χ1v) is 5.46. The molecule has 0 aliphatic carbocycles. The number of hydrogen-bond acceptors (Lipinski definition) is 5. The van der Waals surface area contributed by atoms with Crippen LogP contribution in [0.15, 0.2) is 18.3 Å². The SMILES string of the molecule is CC(C)N1S[N+]([O-])([O-])c2ncccc2C1=O. The lowest BCUT2D eigenvalue weighted by atomic mass is 10.2. The monoisotopic (exact) mass is 240 g/mol. The van der Waals surface area contributed by atoms with Gasteiger partial charge >= 0.3 is 0 Å². The van der Waals surface area contributed by atoms with E-state index in [-0.39, 0.29) is 23.3 Å². The fourth-order valence-corrected chi connectivity index (χ4v) is 2.24. The summed E-state index contributed by atoms with van der Waals surface area (Å²) in [5.74, 6) is -0.627. The van der Waals surface area contributed by atoms with Crippen LogP contribution >= 0.6 is 12.1 Å². The normalized spacial score (nSPS) is 18.8. The minimum Gasteiger partial charge on any atom is -0.611 e. The van der Waals surface area contributed by atoms with Crippen molar-refractivity contribution in [1.29, 1.82) is 0 Å². The molecule has 1 aliphatic rings. The summed E-state index contributed by atoms with van der Waals surface area (Å²) in [6.07, 6.45) is 1.33. The van der Waals surface area contributed by atoms with Gasteiger partial charge in [0.25, 0.3) is 11.7 Å². The van der Waals surface area contributed by atoms with Crippen LogP contribution in [0, 0.1) is 10.4 Å². The highest BCUT2D eigenvalue weighted by molar-refractivity contribution is 7.97.